The SMILES string of the molecule is O=Cc1cccc(Cc2cn(CC3CC3)c3nc(-c4ccc(Cl)cc4)cn3c2=O)c1. The molecule has 5 rings (SSSR count). The molecule has 150 valence electrons. The van der Waals surface area contributed by atoms with E-state index in [1.807, 2.05) is 48.7 Å². The third-order valence-corrected chi connectivity index (χ3v) is 5.77. The number of hydrogen-bond donors (Lipinski definition) is 0. The predicted molar refractivity (Wildman–Crippen MR) is 117 cm³/mol. The van der Waals surface area contributed by atoms with Crippen molar-refractivity contribution < 1.29 is 4.79 Å². The van der Waals surface area contributed by atoms with E-state index in [1.54, 1.807) is 16.7 Å². The van der Waals surface area contributed by atoms with Gasteiger partial charge in [0.2, 0.25) is 5.78 Å². The van der Waals surface area contributed by atoms with Crippen LogP contribution in [0.4, 0.5) is 0 Å². The van der Waals surface area contributed by atoms with Crippen LogP contribution in [0.2, 0.25) is 5.02 Å². The van der Waals surface area contributed by atoms with Crippen molar-refractivity contribution in [2.75, 3.05) is 0 Å². The molecule has 4 aromatic rings. The number of carbonyl (C=O) groups excluding carboxylic acids is 1. The van der Waals surface area contributed by atoms with Gasteiger partial charge in [0.1, 0.15) is 6.29 Å². The van der Waals surface area contributed by atoms with Crippen LogP contribution in [0.3, 0.4) is 0 Å². The lowest BCUT2D eigenvalue weighted by atomic mass is 10.1. The fraction of sp³-hybridized carbons (Fsp3) is 0.208. The molecule has 1 aliphatic carbocycles. The molecule has 2 aromatic heterocycles. The van der Waals surface area contributed by atoms with Crippen LogP contribution in [0.5, 0.6) is 0 Å². The quantitative estimate of drug-likeness (QED) is 0.430. The zero-order chi connectivity index (χ0) is 20.7. The molecule has 0 atom stereocenters. The fourth-order valence-corrected chi connectivity index (χ4v) is 3.89. The summed E-state index contributed by atoms with van der Waals surface area (Å²) in [7, 11) is 0. The number of nitrogens with zero attached hydrogens (tertiary/aromatic N) is 3. The highest BCUT2D eigenvalue weighted by atomic mass is 35.5. The number of aromatic nitrogens is 3. The van der Waals surface area contributed by atoms with Crippen LogP contribution < -0.4 is 5.56 Å². The molecule has 0 bridgehead atoms. The van der Waals surface area contributed by atoms with Gasteiger partial charge >= 0.3 is 0 Å². The topological polar surface area (TPSA) is 56.4 Å². The molecule has 0 saturated heterocycles. The van der Waals surface area contributed by atoms with Crippen LogP contribution in [0.1, 0.15) is 34.3 Å². The number of halogens is 1. The number of imidazole rings is 1. The monoisotopic (exact) mass is 417 g/mol. The summed E-state index contributed by atoms with van der Waals surface area (Å²) in [5.41, 5.74) is 3.81. The summed E-state index contributed by atoms with van der Waals surface area (Å²) < 4.78 is 3.74. The van der Waals surface area contributed by atoms with E-state index in [9.17, 15) is 9.59 Å². The summed E-state index contributed by atoms with van der Waals surface area (Å²) in [5.74, 6) is 1.29. The van der Waals surface area contributed by atoms with Crippen molar-refractivity contribution in [3.05, 3.63) is 93.0 Å². The molecule has 0 unspecified atom stereocenters. The van der Waals surface area contributed by atoms with E-state index < -0.39 is 0 Å². The lowest BCUT2D eigenvalue weighted by Crippen LogP contribution is -2.22. The van der Waals surface area contributed by atoms with Gasteiger partial charge in [-0.05, 0) is 42.5 Å². The maximum Gasteiger partial charge on any atom is 0.262 e. The number of hydrogen-bond acceptors (Lipinski definition) is 3. The van der Waals surface area contributed by atoms with Gasteiger partial charge in [-0.1, -0.05) is 41.9 Å². The minimum absolute atomic E-state index is 0.0822. The van der Waals surface area contributed by atoms with E-state index in [2.05, 4.69) is 4.57 Å². The Morgan fingerprint density at radius 2 is 1.90 bits per heavy atom. The van der Waals surface area contributed by atoms with Gasteiger partial charge in [-0.2, -0.15) is 0 Å². The first-order valence-electron chi connectivity index (χ1n) is 10.0. The van der Waals surface area contributed by atoms with E-state index in [-0.39, 0.29) is 5.56 Å². The minimum atomic E-state index is -0.0822. The molecular weight excluding hydrogens is 398 g/mol. The summed E-state index contributed by atoms with van der Waals surface area (Å²) >= 11 is 6.01. The molecule has 0 N–H and O–H groups in total. The van der Waals surface area contributed by atoms with E-state index in [4.69, 9.17) is 16.6 Å². The second kappa shape index (κ2) is 7.58. The van der Waals surface area contributed by atoms with Gasteiger partial charge in [-0.15, -0.1) is 0 Å². The molecule has 2 heterocycles. The van der Waals surface area contributed by atoms with Crippen molar-refractivity contribution in [1.29, 1.82) is 0 Å². The minimum Gasteiger partial charge on any atom is -0.317 e. The Morgan fingerprint density at radius 3 is 2.63 bits per heavy atom. The summed E-state index contributed by atoms with van der Waals surface area (Å²) in [5, 5.41) is 0.663. The zero-order valence-electron chi connectivity index (χ0n) is 16.3. The number of fused-ring (bicyclic) bond motifs is 1. The second-order valence-electron chi connectivity index (χ2n) is 7.90. The molecule has 1 saturated carbocycles. The summed E-state index contributed by atoms with van der Waals surface area (Å²) in [4.78, 5) is 29.1. The lowest BCUT2D eigenvalue weighted by molar-refractivity contribution is 0.112. The van der Waals surface area contributed by atoms with Gasteiger partial charge in [-0.25, -0.2) is 4.98 Å². The van der Waals surface area contributed by atoms with Crippen LogP contribution in [-0.2, 0) is 13.0 Å². The van der Waals surface area contributed by atoms with Crippen LogP contribution >= 0.6 is 11.6 Å². The third kappa shape index (κ3) is 3.68. The third-order valence-electron chi connectivity index (χ3n) is 5.52. The fourth-order valence-electron chi connectivity index (χ4n) is 3.77. The highest BCUT2D eigenvalue weighted by Crippen LogP contribution is 2.31. The van der Waals surface area contributed by atoms with Crippen LogP contribution in [0.15, 0.2) is 65.7 Å². The van der Waals surface area contributed by atoms with E-state index in [0.717, 1.165) is 29.7 Å². The van der Waals surface area contributed by atoms with Crippen molar-refractivity contribution in [2.24, 2.45) is 5.92 Å². The highest BCUT2D eigenvalue weighted by molar-refractivity contribution is 6.30. The normalized spacial score (nSPS) is 13.6. The number of aldehydes is 1. The average Bonchev–Trinajstić information content (AvgIpc) is 3.46. The van der Waals surface area contributed by atoms with Crippen molar-refractivity contribution in [3.8, 4) is 11.3 Å². The highest BCUT2D eigenvalue weighted by Gasteiger charge is 2.23. The van der Waals surface area contributed by atoms with Gasteiger partial charge in [0.05, 0.1) is 5.69 Å². The van der Waals surface area contributed by atoms with Gasteiger partial charge < -0.3 is 4.57 Å². The Kier molecular flexibility index (Phi) is 4.75. The van der Waals surface area contributed by atoms with Gasteiger partial charge in [0.25, 0.3) is 5.56 Å². The van der Waals surface area contributed by atoms with Crippen LogP contribution in [-0.4, -0.2) is 20.2 Å². The average molecular weight is 418 g/mol. The Morgan fingerprint density at radius 1 is 1.10 bits per heavy atom. The largest absolute Gasteiger partial charge is 0.317 e. The molecular formula is C24H20ClN3O2. The number of benzene rings is 2. The lowest BCUT2D eigenvalue weighted by Gasteiger charge is -2.11. The molecule has 5 nitrogen and oxygen atoms in total. The van der Waals surface area contributed by atoms with Gasteiger partial charge in [0, 0.05) is 47.1 Å². The molecule has 2 aromatic carbocycles. The Balaban J connectivity index is 1.62. The van der Waals surface area contributed by atoms with Crippen molar-refractivity contribution in [3.63, 3.8) is 0 Å². The summed E-state index contributed by atoms with van der Waals surface area (Å²) in [6, 6.07) is 14.8. The van der Waals surface area contributed by atoms with E-state index in [1.165, 1.54) is 12.8 Å². The van der Waals surface area contributed by atoms with Crippen LogP contribution in [0.25, 0.3) is 17.0 Å². The molecule has 1 fully saturated rings. The first-order chi connectivity index (χ1) is 14.6. The zero-order valence-corrected chi connectivity index (χ0v) is 17.0. The molecule has 0 spiro atoms. The van der Waals surface area contributed by atoms with Crippen molar-refractivity contribution in [2.45, 2.75) is 25.8 Å². The van der Waals surface area contributed by atoms with Crippen molar-refractivity contribution >= 4 is 23.7 Å². The number of carbonyl (C=O) groups is 1. The first-order valence-corrected chi connectivity index (χ1v) is 10.4. The predicted octanol–water partition coefficient (Wildman–Crippen LogP) is 4.63. The smallest absolute Gasteiger partial charge is 0.262 e. The summed E-state index contributed by atoms with van der Waals surface area (Å²) in [6.07, 6.45) is 7.44. The molecule has 0 aliphatic heterocycles. The first kappa shape index (κ1) is 18.8. The van der Waals surface area contributed by atoms with Gasteiger partial charge in [-0.3, -0.25) is 14.0 Å². The van der Waals surface area contributed by atoms with Gasteiger partial charge in [0.15, 0.2) is 0 Å². The van der Waals surface area contributed by atoms with Crippen molar-refractivity contribution in [1.82, 2.24) is 14.0 Å². The maximum atomic E-state index is 13.3. The summed E-state index contributed by atoms with van der Waals surface area (Å²) in [6.45, 7) is 0.849. The Hall–Kier alpha value is -3.18. The molecule has 0 amide bonds. The number of rotatable bonds is 6. The van der Waals surface area contributed by atoms with Crippen LogP contribution in [0, 0.1) is 5.92 Å². The molecule has 1 aliphatic rings. The van der Waals surface area contributed by atoms with E-state index in [0.29, 0.717) is 34.3 Å². The van der Waals surface area contributed by atoms with E-state index >= 15 is 0 Å². The Bertz CT molecular complexity index is 1300. The standard InChI is InChI=1S/C24H20ClN3O2/c25-21-8-6-19(7-9-21)22-14-28-23(30)20(11-17-2-1-3-18(10-17)15-29)13-27(24(28)26-22)12-16-4-5-16/h1-3,6-10,13-16H,4-5,11-12H2. The molecule has 6 heteroatoms. The maximum absolute atomic E-state index is 13.3. The Labute approximate surface area is 178 Å². The molecule has 0 radical (unpaired) electrons. The second-order valence-corrected chi connectivity index (χ2v) is 8.33. The molecule has 30 heavy (non-hydrogen) atoms.